The van der Waals surface area contributed by atoms with Gasteiger partial charge in [-0.25, -0.2) is 9.78 Å². The van der Waals surface area contributed by atoms with E-state index in [-0.39, 0.29) is 12.0 Å². The molecule has 0 aromatic carbocycles. The van der Waals surface area contributed by atoms with E-state index in [0.29, 0.717) is 24.3 Å². The fourth-order valence-corrected chi connectivity index (χ4v) is 4.04. The van der Waals surface area contributed by atoms with Gasteiger partial charge >= 0.3 is 6.03 Å². The first-order valence-corrected chi connectivity index (χ1v) is 8.57. The SMILES string of the molecule is NC(N)=Nc1nc2c(s1)CN(C(=O)NC1CCCCC1)CC2. The molecular formula is C14H22N6OS. The van der Waals surface area contributed by atoms with Crippen LogP contribution in [0.3, 0.4) is 0 Å². The summed E-state index contributed by atoms with van der Waals surface area (Å²) in [6.45, 7) is 1.28. The molecule has 8 heteroatoms. The maximum Gasteiger partial charge on any atom is 0.317 e. The normalized spacial score (nSPS) is 18.6. The van der Waals surface area contributed by atoms with Crippen LogP contribution < -0.4 is 16.8 Å². The summed E-state index contributed by atoms with van der Waals surface area (Å²) < 4.78 is 0. The first-order valence-electron chi connectivity index (χ1n) is 7.75. The molecule has 1 aromatic heterocycles. The summed E-state index contributed by atoms with van der Waals surface area (Å²) in [6.07, 6.45) is 6.66. The third-order valence-electron chi connectivity index (χ3n) is 4.16. The molecule has 1 aromatic rings. The fraction of sp³-hybridized carbons (Fsp3) is 0.643. The van der Waals surface area contributed by atoms with Crippen molar-refractivity contribution in [3.63, 3.8) is 0 Å². The lowest BCUT2D eigenvalue weighted by Gasteiger charge is -2.30. The van der Waals surface area contributed by atoms with Crippen LogP contribution in [0.4, 0.5) is 9.93 Å². The lowest BCUT2D eigenvalue weighted by atomic mass is 9.96. The molecule has 0 atom stereocenters. The monoisotopic (exact) mass is 322 g/mol. The van der Waals surface area contributed by atoms with Crippen LogP contribution in [0.1, 0.15) is 42.7 Å². The Morgan fingerprint density at radius 1 is 1.32 bits per heavy atom. The summed E-state index contributed by atoms with van der Waals surface area (Å²) in [5.41, 5.74) is 11.8. The van der Waals surface area contributed by atoms with Crippen molar-refractivity contribution in [1.82, 2.24) is 15.2 Å². The zero-order valence-electron chi connectivity index (χ0n) is 12.5. The Balaban J connectivity index is 1.62. The van der Waals surface area contributed by atoms with E-state index in [2.05, 4.69) is 15.3 Å². The molecule has 3 rings (SSSR count). The largest absolute Gasteiger partial charge is 0.370 e. The van der Waals surface area contributed by atoms with E-state index in [4.69, 9.17) is 11.5 Å². The van der Waals surface area contributed by atoms with Crippen LogP contribution in [0.25, 0.3) is 0 Å². The van der Waals surface area contributed by atoms with E-state index >= 15 is 0 Å². The fourth-order valence-electron chi connectivity index (χ4n) is 3.03. The van der Waals surface area contributed by atoms with Crippen molar-refractivity contribution in [3.8, 4) is 0 Å². The molecule has 0 spiro atoms. The van der Waals surface area contributed by atoms with Gasteiger partial charge in [0.2, 0.25) is 5.13 Å². The predicted molar refractivity (Wildman–Crippen MR) is 87.1 cm³/mol. The maximum atomic E-state index is 12.4. The average Bonchev–Trinajstić information content (AvgIpc) is 2.88. The van der Waals surface area contributed by atoms with Gasteiger partial charge in [-0.3, -0.25) is 0 Å². The number of fused-ring (bicyclic) bond motifs is 1. The Morgan fingerprint density at radius 3 is 2.82 bits per heavy atom. The molecule has 0 bridgehead atoms. The molecule has 5 N–H and O–H groups in total. The zero-order valence-corrected chi connectivity index (χ0v) is 13.4. The Hall–Kier alpha value is -1.83. The van der Waals surface area contributed by atoms with Crippen LogP contribution in [-0.2, 0) is 13.0 Å². The van der Waals surface area contributed by atoms with Gasteiger partial charge in [-0.2, -0.15) is 4.99 Å². The van der Waals surface area contributed by atoms with Crippen molar-refractivity contribution >= 4 is 28.5 Å². The number of aliphatic imine (C=N–C) groups is 1. The number of hydrogen-bond acceptors (Lipinski definition) is 4. The molecule has 2 aliphatic rings. The van der Waals surface area contributed by atoms with E-state index in [1.807, 2.05) is 4.90 Å². The van der Waals surface area contributed by atoms with Crippen molar-refractivity contribution in [2.24, 2.45) is 16.5 Å². The van der Waals surface area contributed by atoms with Gasteiger partial charge in [0.25, 0.3) is 0 Å². The molecule has 1 saturated carbocycles. The van der Waals surface area contributed by atoms with Gasteiger partial charge in [0.15, 0.2) is 5.96 Å². The van der Waals surface area contributed by atoms with Gasteiger partial charge in [0.1, 0.15) is 0 Å². The third kappa shape index (κ3) is 3.49. The summed E-state index contributed by atoms with van der Waals surface area (Å²) in [7, 11) is 0. The Kier molecular flexibility index (Phi) is 4.47. The number of rotatable bonds is 2. The summed E-state index contributed by atoms with van der Waals surface area (Å²) >= 11 is 1.45. The molecule has 2 amide bonds. The van der Waals surface area contributed by atoms with Crippen LogP contribution in [-0.4, -0.2) is 34.5 Å². The van der Waals surface area contributed by atoms with E-state index in [1.54, 1.807) is 0 Å². The Morgan fingerprint density at radius 2 is 2.09 bits per heavy atom. The standard InChI is InChI=1S/C14H22N6OS/c15-12(16)19-13-18-10-6-7-20(8-11(10)22-13)14(21)17-9-4-2-1-3-5-9/h9H,1-8H2,(H,17,21)(H4,15,16,18,19). The average molecular weight is 322 g/mol. The first-order chi connectivity index (χ1) is 10.6. The van der Waals surface area contributed by atoms with Crippen LogP contribution in [0.15, 0.2) is 4.99 Å². The lowest BCUT2D eigenvalue weighted by molar-refractivity contribution is 0.185. The van der Waals surface area contributed by atoms with Crippen molar-refractivity contribution in [2.45, 2.75) is 51.1 Å². The summed E-state index contributed by atoms with van der Waals surface area (Å²) in [6, 6.07) is 0.371. The predicted octanol–water partition coefficient (Wildman–Crippen LogP) is 1.45. The maximum absolute atomic E-state index is 12.4. The number of guanidine groups is 1. The summed E-state index contributed by atoms with van der Waals surface area (Å²) in [5.74, 6) is 0.0120. The second kappa shape index (κ2) is 6.51. The highest BCUT2D eigenvalue weighted by Crippen LogP contribution is 2.30. The Labute approximate surface area is 133 Å². The van der Waals surface area contributed by atoms with Crippen molar-refractivity contribution in [3.05, 3.63) is 10.6 Å². The second-order valence-electron chi connectivity index (χ2n) is 5.86. The van der Waals surface area contributed by atoms with Crippen molar-refractivity contribution in [2.75, 3.05) is 6.54 Å². The van der Waals surface area contributed by atoms with E-state index < -0.39 is 0 Å². The van der Waals surface area contributed by atoms with E-state index in [0.717, 1.165) is 29.8 Å². The van der Waals surface area contributed by atoms with Crippen LogP contribution in [0, 0.1) is 0 Å². The van der Waals surface area contributed by atoms with Crippen LogP contribution >= 0.6 is 11.3 Å². The van der Waals surface area contributed by atoms with Crippen molar-refractivity contribution in [1.29, 1.82) is 0 Å². The minimum Gasteiger partial charge on any atom is -0.370 e. The highest BCUT2D eigenvalue weighted by molar-refractivity contribution is 7.15. The smallest absolute Gasteiger partial charge is 0.317 e. The molecule has 1 aliphatic carbocycles. The van der Waals surface area contributed by atoms with Gasteiger partial charge < -0.3 is 21.7 Å². The molecule has 1 fully saturated rings. The quantitative estimate of drug-likeness (QED) is 0.565. The van der Waals surface area contributed by atoms with E-state index in [9.17, 15) is 4.79 Å². The summed E-state index contributed by atoms with van der Waals surface area (Å²) in [5, 5.41) is 3.73. The number of aromatic nitrogens is 1. The molecule has 7 nitrogen and oxygen atoms in total. The van der Waals surface area contributed by atoms with Gasteiger partial charge in [-0.15, -0.1) is 0 Å². The number of urea groups is 1. The number of amides is 2. The van der Waals surface area contributed by atoms with Crippen LogP contribution in [0.5, 0.6) is 0 Å². The minimum atomic E-state index is 0.0120. The van der Waals surface area contributed by atoms with Gasteiger partial charge in [0, 0.05) is 23.9 Å². The van der Waals surface area contributed by atoms with E-state index in [1.165, 1.54) is 30.6 Å². The molecule has 0 unspecified atom stereocenters. The highest BCUT2D eigenvalue weighted by Gasteiger charge is 2.26. The molecular weight excluding hydrogens is 300 g/mol. The van der Waals surface area contributed by atoms with Crippen LogP contribution in [0.2, 0.25) is 0 Å². The Bertz CT molecular complexity index is 574. The number of carbonyl (C=O) groups excluding carboxylic acids is 1. The number of nitrogens with zero attached hydrogens (tertiary/aromatic N) is 3. The lowest BCUT2D eigenvalue weighted by Crippen LogP contribution is -2.47. The number of nitrogens with one attached hydrogen (secondary N) is 1. The molecule has 22 heavy (non-hydrogen) atoms. The number of carbonyl (C=O) groups is 1. The van der Waals surface area contributed by atoms with Gasteiger partial charge in [-0.05, 0) is 12.8 Å². The van der Waals surface area contributed by atoms with Crippen molar-refractivity contribution < 1.29 is 4.79 Å². The van der Waals surface area contributed by atoms with Gasteiger partial charge in [0.05, 0.1) is 12.2 Å². The number of hydrogen-bond donors (Lipinski definition) is 3. The summed E-state index contributed by atoms with van der Waals surface area (Å²) in [4.78, 5) is 23.7. The van der Waals surface area contributed by atoms with Gasteiger partial charge in [-0.1, -0.05) is 30.6 Å². The number of thiazole rings is 1. The number of nitrogens with two attached hydrogens (primary N) is 2. The zero-order chi connectivity index (χ0) is 15.5. The topological polar surface area (TPSA) is 110 Å². The molecule has 0 saturated heterocycles. The second-order valence-corrected chi connectivity index (χ2v) is 6.92. The third-order valence-corrected chi connectivity index (χ3v) is 5.14. The molecule has 1 aliphatic heterocycles. The molecule has 0 radical (unpaired) electrons. The molecule has 2 heterocycles. The molecule has 120 valence electrons. The first kappa shape index (κ1) is 15.1. The highest BCUT2D eigenvalue weighted by atomic mass is 32.1. The minimum absolute atomic E-state index is 0.0120.